The zero-order chi connectivity index (χ0) is 14.9. The molecule has 20 heavy (non-hydrogen) atoms. The number of carbonyl (C=O) groups excluding carboxylic acids is 1. The van der Waals surface area contributed by atoms with Crippen LogP contribution >= 0.6 is 11.6 Å². The SMILES string of the molecule is CC(C)Oc1cc(Cl)c2c(c1)B(O)OC2CC(=O)OF. The average molecular weight is 302 g/mol. The number of hydrogen-bond acceptors (Lipinski definition) is 5. The molecule has 108 valence electrons. The van der Waals surface area contributed by atoms with E-state index in [1.165, 1.54) is 0 Å². The monoisotopic (exact) mass is 302 g/mol. The van der Waals surface area contributed by atoms with E-state index in [2.05, 4.69) is 4.94 Å². The lowest BCUT2D eigenvalue weighted by atomic mass is 9.79. The van der Waals surface area contributed by atoms with Gasteiger partial charge in [-0.1, -0.05) is 11.6 Å². The van der Waals surface area contributed by atoms with Gasteiger partial charge in [-0.3, -0.25) is 4.94 Å². The van der Waals surface area contributed by atoms with Gasteiger partial charge in [-0.2, -0.15) is 0 Å². The number of benzene rings is 1. The third-order valence-corrected chi connectivity index (χ3v) is 3.14. The molecule has 0 aromatic heterocycles. The van der Waals surface area contributed by atoms with Crippen LogP contribution in [0.2, 0.25) is 5.02 Å². The normalized spacial score (nSPS) is 17.3. The van der Waals surface area contributed by atoms with E-state index in [4.69, 9.17) is 21.0 Å². The van der Waals surface area contributed by atoms with Crippen LogP contribution in [0, 0.1) is 0 Å². The predicted molar refractivity (Wildman–Crippen MR) is 70.5 cm³/mol. The molecule has 0 spiro atoms. The minimum absolute atomic E-state index is 0.0547. The van der Waals surface area contributed by atoms with Crippen molar-refractivity contribution in [3.63, 3.8) is 0 Å². The van der Waals surface area contributed by atoms with Gasteiger partial charge >= 0.3 is 13.1 Å². The van der Waals surface area contributed by atoms with E-state index in [0.29, 0.717) is 16.8 Å². The lowest BCUT2D eigenvalue weighted by molar-refractivity contribution is -0.185. The summed E-state index contributed by atoms with van der Waals surface area (Å²) in [5.74, 6) is -0.603. The van der Waals surface area contributed by atoms with E-state index in [9.17, 15) is 14.3 Å². The van der Waals surface area contributed by atoms with Gasteiger partial charge in [-0.05, 0) is 37.0 Å². The first-order valence-corrected chi connectivity index (χ1v) is 6.45. The minimum atomic E-state index is -1.24. The molecule has 1 aliphatic heterocycles. The Bertz CT molecular complexity index is 525. The molecule has 2 rings (SSSR count). The van der Waals surface area contributed by atoms with E-state index < -0.39 is 19.2 Å². The molecule has 0 fully saturated rings. The highest BCUT2D eigenvalue weighted by Crippen LogP contribution is 2.35. The first-order valence-electron chi connectivity index (χ1n) is 6.07. The van der Waals surface area contributed by atoms with Crippen molar-refractivity contribution in [2.24, 2.45) is 0 Å². The van der Waals surface area contributed by atoms with Crippen molar-refractivity contribution < 1.29 is 28.7 Å². The molecule has 0 saturated heterocycles. The van der Waals surface area contributed by atoms with Crippen molar-refractivity contribution in [1.82, 2.24) is 0 Å². The summed E-state index contributed by atoms with van der Waals surface area (Å²) in [5.41, 5.74) is 0.852. The van der Waals surface area contributed by atoms with Gasteiger partial charge in [0.25, 0.3) is 0 Å². The molecule has 1 aromatic carbocycles. The predicted octanol–water partition coefficient (Wildman–Crippen LogP) is 1.70. The highest BCUT2D eigenvalue weighted by atomic mass is 35.5. The third-order valence-electron chi connectivity index (χ3n) is 2.83. The van der Waals surface area contributed by atoms with Gasteiger partial charge in [-0.15, -0.1) is 0 Å². The average Bonchev–Trinajstić information content (AvgIpc) is 2.65. The fourth-order valence-electron chi connectivity index (χ4n) is 2.13. The number of carbonyl (C=O) groups is 1. The maximum Gasteiger partial charge on any atom is 0.492 e. The fourth-order valence-corrected chi connectivity index (χ4v) is 2.47. The molecule has 8 heteroatoms. The number of fused-ring (bicyclic) bond motifs is 1. The molecule has 1 aliphatic rings. The van der Waals surface area contributed by atoms with Crippen LogP contribution in [-0.2, 0) is 14.4 Å². The molecule has 1 aromatic rings. The first kappa shape index (κ1) is 15.1. The Balaban J connectivity index is 2.32. The van der Waals surface area contributed by atoms with Crippen LogP contribution in [-0.4, -0.2) is 24.2 Å². The maximum absolute atomic E-state index is 11.8. The van der Waals surface area contributed by atoms with Crippen molar-refractivity contribution >= 4 is 30.2 Å². The Labute approximate surface area is 120 Å². The van der Waals surface area contributed by atoms with Gasteiger partial charge in [-0.25, -0.2) is 4.79 Å². The third kappa shape index (κ3) is 3.05. The minimum Gasteiger partial charge on any atom is -0.491 e. The van der Waals surface area contributed by atoms with E-state index in [-0.39, 0.29) is 17.5 Å². The van der Waals surface area contributed by atoms with Gasteiger partial charge in [0.15, 0.2) is 0 Å². The quantitative estimate of drug-likeness (QED) is 0.858. The zero-order valence-electron chi connectivity index (χ0n) is 10.9. The summed E-state index contributed by atoms with van der Waals surface area (Å²) >= 11 is 6.13. The van der Waals surface area contributed by atoms with Crippen LogP contribution in [0.25, 0.3) is 0 Å². The summed E-state index contributed by atoms with van der Waals surface area (Å²) in [7, 11) is -1.24. The number of halogens is 2. The summed E-state index contributed by atoms with van der Waals surface area (Å²) in [6.45, 7) is 3.71. The van der Waals surface area contributed by atoms with Crippen LogP contribution < -0.4 is 10.2 Å². The fraction of sp³-hybridized carbons (Fsp3) is 0.417. The molecule has 0 bridgehead atoms. The highest BCUT2D eigenvalue weighted by Gasteiger charge is 2.39. The zero-order valence-corrected chi connectivity index (χ0v) is 11.7. The highest BCUT2D eigenvalue weighted by molar-refractivity contribution is 6.62. The lowest BCUT2D eigenvalue weighted by Crippen LogP contribution is -2.28. The van der Waals surface area contributed by atoms with E-state index in [1.54, 1.807) is 12.1 Å². The molecule has 1 N–H and O–H groups in total. The topological polar surface area (TPSA) is 65.0 Å². The molecular weight excluding hydrogens is 289 g/mol. The Hall–Kier alpha value is -1.31. The van der Waals surface area contributed by atoms with E-state index >= 15 is 0 Å². The first-order chi connectivity index (χ1) is 9.42. The van der Waals surface area contributed by atoms with Crippen LogP contribution in [0.15, 0.2) is 12.1 Å². The molecule has 1 atom stereocenters. The Morgan fingerprint density at radius 3 is 2.90 bits per heavy atom. The maximum atomic E-state index is 11.8. The van der Waals surface area contributed by atoms with Crippen molar-refractivity contribution in [3.8, 4) is 5.75 Å². The molecular formula is C12H13BClFO5. The van der Waals surface area contributed by atoms with Gasteiger partial charge < -0.3 is 14.4 Å². The molecule has 0 saturated carbocycles. The summed E-state index contributed by atoms with van der Waals surface area (Å²) in [6.07, 6.45) is -1.27. The second-order valence-corrected chi connectivity index (χ2v) is 5.11. The molecule has 1 heterocycles. The van der Waals surface area contributed by atoms with Gasteiger partial charge in [0.05, 0.1) is 18.6 Å². The van der Waals surface area contributed by atoms with E-state index in [0.717, 1.165) is 0 Å². The Morgan fingerprint density at radius 2 is 2.30 bits per heavy atom. The van der Waals surface area contributed by atoms with Crippen LogP contribution in [0.4, 0.5) is 4.53 Å². The second kappa shape index (κ2) is 5.99. The van der Waals surface area contributed by atoms with E-state index in [1.807, 2.05) is 13.8 Å². The van der Waals surface area contributed by atoms with Gasteiger partial charge in [0.2, 0.25) is 0 Å². The summed E-state index contributed by atoms with van der Waals surface area (Å²) in [6, 6.07) is 3.15. The molecule has 5 nitrogen and oxygen atoms in total. The van der Waals surface area contributed by atoms with Crippen molar-refractivity contribution in [2.75, 3.05) is 0 Å². The molecule has 1 unspecified atom stereocenters. The summed E-state index contributed by atoms with van der Waals surface area (Å²) < 4.78 is 22.5. The smallest absolute Gasteiger partial charge is 0.491 e. The van der Waals surface area contributed by atoms with Crippen LogP contribution in [0.5, 0.6) is 5.75 Å². The standard InChI is InChI=1S/C12H13BClFO5/c1-6(2)18-7-3-8-12(9(14)4-7)10(19-13(8)17)5-11(16)20-15/h3-4,6,10,17H,5H2,1-2H3. The molecule has 0 radical (unpaired) electrons. The Morgan fingerprint density at radius 1 is 1.60 bits per heavy atom. The molecule has 0 aliphatic carbocycles. The number of ether oxygens (including phenoxy) is 1. The van der Waals surface area contributed by atoms with Crippen LogP contribution in [0.3, 0.4) is 0 Å². The Kier molecular flexibility index (Phi) is 4.52. The second-order valence-electron chi connectivity index (χ2n) is 4.70. The van der Waals surface area contributed by atoms with Crippen molar-refractivity contribution in [3.05, 3.63) is 22.7 Å². The van der Waals surface area contributed by atoms with Crippen molar-refractivity contribution in [1.29, 1.82) is 0 Å². The largest absolute Gasteiger partial charge is 0.492 e. The number of hydrogen-bond donors (Lipinski definition) is 1. The van der Waals surface area contributed by atoms with Crippen LogP contribution in [0.1, 0.15) is 31.9 Å². The summed E-state index contributed by atoms with van der Waals surface area (Å²) in [4.78, 5) is 14.1. The lowest BCUT2D eigenvalue weighted by Gasteiger charge is -2.14. The molecule has 0 amide bonds. The van der Waals surface area contributed by atoms with Gasteiger partial charge in [0.1, 0.15) is 5.75 Å². The summed E-state index contributed by atoms with van der Waals surface area (Å²) in [5, 5.41) is 10.1. The van der Waals surface area contributed by atoms with Crippen molar-refractivity contribution in [2.45, 2.75) is 32.5 Å². The van der Waals surface area contributed by atoms with Gasteiger partial charge in [0, 0.05) is 9.55 Å². The number of rotatable bonds is 4.